The molecule has 1 N–H and O–H groups in total. The average molecular weight is 258 g/mol. The van der Waals surface area contributed by atoms with Crippen molar-refractivity contribution in [1.29, 1.82) is 0 Å². The van der Waals surface area contributed by atoms with E-state index in [9.17, 15) is 5.11 Å². The molecule has 0 aliphatic carbocycles. The van der Waals surface area contributed by atoms with Crippen LogP contribution < -0.4 is 0 Å². The van der Waals surface area contributed by atoms with Gasteiger partial charge < -0.3 is 5.11 Å². The number of thiol groups is 1. The summed E-state index contributed by atoms with van der Waals surface area (Å²) in [7, 11) is 0. The fourth-order valence-corrected chi connectivity index (χ4v) is 2.46. The highest BCUT2D eigenvalue weighted by Crippen LogP contribution is 2.27. The lowest BCUT2D eigenvalue weighted by atomic mass is 9.87. The molecule has 0 fully saturated rings. The van der Waals surface area contributed by atoms with Gasteiger partial charge in [-0.25, -0.2) is 0 Å². The van der Waals surface area contributed by atoms with Crippen molar-refractivity contribution in [3.05, 3.63) is 71.3 Å². The molecule has 0 amide bonds. The van der Waals surface area contributed by atoms with E-state index in [0.717, 1.165) is 11.1 Å². The lowest BCUT2D eigenvalue weighted by molar-refractivity contribution is 0.0574. The van der Waals surface area contributed by atoms with Crippen molar-refractivity contribution >= 4 is 12.6 Å². The van der Waals surface area contributed by atoms with E-state index >= 15 is 0 Å². The van der Waals surface area contributed by atoms with E-state index in [1.54, 1.807) is 0 Å². The summed E-state index contributed by atoms with van der Waals surface area (Å²) < 4.78 is 0. The van der Waals surface area contributed by atoms with E-state index in [-0.39, 0.29) is 0 Å². The largest absolute Gasteiger partial charge is 0.385 e. The van der Waals surface area contributed by atoms with E-state index in [0.29, 0.717) is 12.2 Å². The van der Waals surface area contributed by atoms with Crippen LogP contribution in [0.2, 0.25) is 0 Å². The Morgan fingerprint density at radius 1 is 0.944 bits per heavy atom. The summed E-state index contributed by atoms with van der Waals surface area (Å²) in [6, 6.07) is 17.9. The van der Waals surface area contributed by atoms with Gasteiger partial charge in [-0.05, 0) is 23.6 Å². The molecular formula is C16H18OS. The Labute approximate surface area is 114 Å². The summed E-state index contributed by atoms with van der Waals surface area (Å²) in [5.41, 5.74) is 2.43. The molecule has 0 bridgehead atoms. The summed E-state index contributed by atoms with van der Waals surface area (Å²) in [5.74, 6) is 0.695. The van der Waals surface area contributed by atoms with Crippen LogP contribution in [0.3, 0.4) is 0 Å². The highest BCUT2D eigenvalue weighted by Gasteiger charge is 2.23. The van der Waals surface area contributed by atoms with Gasteiger partial charge in [0.1, 0.15) is 0 Å². The van der Waals surface area contributed by atoms with Crippen LogP contribution in [-0.2, 0) is 17.8 Å². The van der Waals surface area contributed by atoms with Crippen LogP contribution in [0.1, 0.15) is 23.6 Å². The van der Waals surface area contributed by atoms with E-state index < -0.39 is 5.60 Å². The molecule has 2 rings (SSSR count). The molecule has 0 saturated carbocycles. The number of hydrogen-bond donors (Lipinski definition) is 2. The number of benzene rings is 2. The van der Waals surface area contributed by atoms with Crippen molar-refractivity contribution in [1.82, 2.24) is 0 Å². The van der Waals surface area contributed by atoms with Crippen molar-refractivity contribution in [2.75, 3.05) is 0 Å². The molecule has 18 heavy (non-hydrogen) atoms. The first kappa shape index (κ1) is 13.2. The fourth-order valence-electron chi connectivity index (χ4n) is 2.15. The SMILES string of the molecule is CC(O)(Cc1ccccc1CS)c1ccccc1. The highest BCUT2D eigenvalue weighted by molar-refractivity contribution is 7.79. The van der Waals surface area contributed by atoms with Gasteiger partial charge in [0.05, 0.1) is 5.60 Å². The molecule has 0 aromatic heterocycles. The topological polar surface area (TPSA) is 20.2 Å². The standard InChI is InChI=1S/C16H18OS/c1-16(17,15-9-3-2-4-10-15)11-13-7-5-6-8-14(13)12-18/h2-10,17-18H,11-12H2,1H3. The molecule has 0 spiro atoms. The fraction of sp³-hybridized carbons (Fsp3) is 0.250. The third-order valence-corrected chi connectivity index (χ3v) is 3.56. The zero-order chi connectivity index (χ0) is 13.0. The van der Waals surface area contributed by atoms with Crippen LogP contribution in [0, 0.1) is 0 Å². The Morgan fingerprint density at radius 3 is 2.11 bits per heavy atom. The van der Waals surface area contributed by atoms with Crippen molar-refractivity contribution in [2.24, 2.45) is 0 Å². The van der Waals surface area contributed by atoms with Crippen LogP contribution in [-0.4, -0.2) is 5.11 Å². The van der Waals surface area contributed by atoms with Crippen LogP contribution in [0.15, 0.2) is 54.6 Å². The average Bonchev–Trinajstić information content (AvgIpc) is 2.40. The Hall–Kier alpha value is -1.25. The van der Waals surface area contributed by atoms with Gasteiger partial charge in [0, 0.05) is 12.2 Å². The molecule has 0 aliphatic rings. The second kappa shape index (κ2) is 5.59. The molecule has 1 unspecified atom stereocenters. The molecule has 0 heterocycles. The lowest BCUT2D eigenvalue weighted by Crippen LogP contribution is -2.24. The van der Waals surface area contributed by atoms with E-state index in [1.165, 1.54) is 5.56 Å². The lowest BCUT2D eigenvalue weighted by Gasteiger charge is -2.25. The van der Waals surface area contributed by atoms with Crippen LogP contribution >= 0.6 is 12.6 Å². The second-order valence-corrected chi connectivity index (χ2v) is 5.06. The summed E-state index contributed by atoms with van der Waals surface area (Å²) in [6.07, 6.45) is 0.605. The smallest absolute Gasteiger partial charge is 0.0908 e. The van der Waals surface area contributed by atoms with Gasteiger partial charge in [-0.3, -0.25) is 0 Å². The Balaban J connectivity index is 2.28. The van der Waals surface area contributed by atoms with Gasteiger partial charge in [-0.2, -0.15) is 12.6 Å². The monoisotopic (exact) mass is 258 g/mol. The molecule has 2 heteroatoms. The number of aliphatic hydroxyl groups is 1. The normalized spacial score (nSPS) is 14.2. The zero-order valence-corrected chi connectivity index (χ0v) is 11.4. The molecule has 0 saturated heterocycles. The van der Waals surface area contributed by atoms with Crippen molar-refractivity contribution in [3.8, 4) is 0 Å². The van der Waals surface area contributed by atoms with Gasteiger partial charge in [0.2, 0.25) is 0 Å². The van der Waals surface area contributed by atoms with Crippen LogP contribution in [0.25, 0.3) is 0 Å². The minimum absolute atomic E-state index is 0.605. The predicted molar refractivity (Wildman–Crippen MR) is 78.8 cm³/mol. The van der Waals surface area contributed by atoms with Gasteiger partial charge in [-0.1, -0.05) is 54.6 Å². The Morgan fingerprint density at radius 2 is 1.50 bits per heavy atom. The molecule has 94 valence electrons. The van der Waals surface area contributed by atoms with Gasteiger partial charge >= 0.3 is 0 Å². The van der Waals surface area contributed by atoms with Gasteiger partial charge in [0.25, 0.3) is 0 Å². The summed E-state index contributed by atoms with van der Waals surface area (Å²) in [4.78, 5) is 0. The van der Waals surface area contributed by atoms with Crippen LogP contribution in [0.5, 0.6) is 0 Å². The highest BCUT2D eigenvalue weighted by atomic mass is 32.1. The minimum Gasteiger partial charge on any atom is -0.385 e. The third kappa shape index (κ3) is 2.95. The first-order valence-electron chi connectivity index (χ1n) is 6.09. The van der Waals surface area contributed by atoms with Gasteiger partial charge in [0.15, 0.2) is 0 Å². The first-order chi connectivity index (χ1) is 8.63. The van der Waals surface area contributed by atoms with Gasteiger partial charge in [-0.15, -0.1) is 0 Å². The van der Waals surface area contributed by atoms with Crippen molar-refractivity contribution in [2.45, 2.75) is 24.7 Å². The predicted octanol–water partition coefficient (Wildman–Crippen LogP) is 3.57. The maximum absolute atomic E-state index is 10.6. The molecular weight excluding hydrogens is 240 g/mol. The molecule has 2 aromatic rings. The first-order valence-corrected chi connectivity index (χ1v) is 6.72. The maximum Gasteiger partial charge on any atom is 0.0908 e. The molecule has 1 nitrogen and oxygen atoms in total. The number of hydrogen-bond acceptors (Lipinski definition) is 2. The van der Waals surface area contributed by atoms with Crippen molar-refractivity contribution in [3.63, 3.8) is 0 Å². The minimum atomic E-state index is -0.847. The third-order valence-electron chi connectivity index (χ3n) is 3.22. The van der Waals surface area contributed by atoms with E-state index in [4.69, 9.17) is 0 Å². The Kier molecular flexibility index (Phi) is 4.10. The second-order valence-electron chi connectivity index (χ2n) is 4.74. The molecule has 2 aromatic carbocycles. The number of rotatable bonds is 4. The zero-order valence-electron chi connectivity index (χ0n) is 10.5. The van der Waals surface area contributed by atoms with E-state index in [2.05, 4.69) is 24.8 Å². The van der Waals surface area contributed by atoms with Crippen molar-refractivity contribution < 1.29 is 5.11 Å². The maximum atomic E-state index is 10.6. The molecule has 1 atom stereocenters. The summed E-state index contributed by atoms with van der Waals surface area (Å²) >= 11 is 4.34. The van der Waals surface area contributed by atoms with Crippen LogP contribution in [0.4, 0.5) is 0 Å². The summed E-state index contributed by atoms with van der Waals surface area (Å²) in [6.45, 7) is 1.86. The van der Waals surface area contributed by atoms with E-state index in [1.807, 2.05) is 49.4 Å². The molecule has 0 radical (unpaired) electrons. The summed E-state index contributed by atoms with van der Waals surface area (Å²) in [5, 5.41) is 10.6. The Bertz CT molecular complexity index is 506. The molecule has 0 aliphatic heterocycles. The quantitative estimate of drug-likeness (QED) is 0.803.